The molecule has 1 N–H and O–H groups in total. The lowest BCUT2D eigenvalue weighted by Crippen LogP contribution is -2.35. The van der Waals surface area contributed by atoms with Gasteiger partial charge in [-0.05, 0) is 55.5 Å². The van der Waals surface area contributed by atoms with E-state index in [0.717, 1.165) is 45.5 Å². The first-order valence-electron chi connectivity index (χ1n) is 10.4. The molecule has 1 aliphatic heterocycles. The summed E-state index contributed by atoms with van der Waals surface area (Å²) in [5.74, 6) is -0.102. The van der Waals surface area contributed by atoms with Gasteiger partial charge in [-0.15, -0.1) is 34.0 Å². The van der Waals surface area contributed by atoms with E-state index in [-0.39, 0.29) is 5.91 Å². The lowest BCUT2D eigenvalue weighted by molar-refractivity contribution is -0.111. The Morgan fingerprint density at radius 3 is 2.84 bits per heavy atom. The highest BCUT2D eigenvalue weighted by Crippen LogP contribution is 2.45. The third-order valence-electron chi connectivity index (χ3n) is 5.50. The fourth-order valence-electron chi connectivity index (χ4n) is 3.85. The summed E-state index contributed by atoms with van der Waals surface area (Å²) in [5, 5.41) is 7.08. The van der Waals surface area contributed by atoms with Crippen LogP contribution in [-0.2, 0) is 17.8 Å². The number of para-hydroxylation sites is 1. The Morgan fingerprint density at radius 2 is 2.06 bits per heavy atom. The van der Waals surface area contributed by atoms with Gasteiger partial charge in [0.2, 0.25) is 5.91 Å². The third kappa shape index (κ3) is 4.23. The summed E-state index contributed by atoms with van der Waals surface area (Å²) in [7, 11) is 0. The summed E-state index contributed by atoms with van der Waals surface area (Å²) < 4.78 is 1.17. The van der Waals surface area contributed by atoms with E-state index in [2.05, 4.69) is 36.2 Å². The van der Waals surface area contributed by atoms with E-state index < -0.39 is 0 Å². The van der Waals surface area contributed by atoms with Crippen molar-refractivity contribution in [2.45, 2.75) is 32.9 Å². The van der Waals surface area contributed by atoms with Crippen LogP contribution in [0.1, 0.15) is 29.2 Å². The number of thiazole rings is 1. The maximum atomic E-state index is 12.7. The molecular formula is C24H23N3OS3. The molecule has 0 saturated heterocycles. The van der Waals surface area contributed by atoms with E-state index in [1.807, 2.05) is 35.7 Å². The highest BCUT2D eigenvalue weighted by atomic mass is 32.1. The number of carbonyl (C=O) groups excluding carboxylic acids is 1. The number of aromatic nitrogens is 1. The smallest absolute Gasteiger partial charge is 0.249 e. The van der Waals surface area contributed by atoms with Gasteiger partial charge in [0, 0.05) is 40.5 Å². The Labute approximate surface area is 193 Å². The Bertz CT molecular complexity index is 1220. The number of thiophene rings is 2. The quantitative estimate of drug-likeness (QED) is 0.342. The van der Waals surface area contributed by atoms with E-state index >= 15 is 0 Å². The van der Waals surface area contributed by atoms with Crippen molar-refractivity contribution in [3.8, 4) is 10.6 Å². The number of hydrogen-bond acceptors (Lipinski definition) is 6. The van der Waals surface area contributed by atoms with Crippen molar-refractivity contribution in [3.05, 3.63) is 63.2 Å². The van der Waals surface area contributed by atoms with Crippen molar-refractivity contribution >= 4 is 61.2 Å². The first kappa shape index (κ1) is 20.6. The number of nitrogens with one attached hydrogen (secondary N) is 1. The van der Waals surface area contributed by atoms with Crippen LogP contribution in [-0.4, -0.2) is 28.4 Å². The van der Waals surface area contributed by atoms with E-state index in [4.69, 9.17) is 4.98 Å². The van der Waals surface area contributed by atoms with E-state index in [9.17, 15) is 4.79 Å². The fraction of sp³-hybridized carbons (Fsp3) is 0.250. The van der Waals surface area contributed by atoms with Crippen LogP contribution in [0, 0.1) is 0 Å². The Kier molecular flexibility index (Phi) is 5.75. The topological polar surface area (TPSA) is 45.2 Å². The number of fused-ring (bicyclic) bond motifs is 2. The molecule has 1 aliphatic rings. The highest BCUT2D eigenvalue weighted by Gasteiger charge is 2.28. The molecule has 5 rings (SSSR count). The average molecular weight is 466 g/mol. The zero-order valence-corrected chi connectivity index (χ0v) is 19.9. The van der Waals surface area contributed by atoms with Crippen LogP contribution >= 0.6 is 34.0 Å². The van der Waals surface area contributed by atoms with Crippen molar-refractivity contribution in [1.29, 1.82) is 0 Å². The number of nitrogens with zero attached hydrogens (tertiary/aromatic N) is 2. The first-order chi connectivity index (χ1) is 15.1. The van der Waals surface area contributed by atoms with Crippen LogP contribution in [0.25, 0.3) is 26.9 Å². The minimum atomic E-state index is -0.102. The van der Waals surface area contributed by atoms with Gasteiger partial charge in [0.1, 0.15) is 10.0 Å². The minimum Gasteiger partial charge on any atom is -0.313 e. The summed E-state index contributed by atoms with van der Waals surface area (Å²) in [4.78, 5) is 22.5. The molecule has 4 heterocycles. The lowest BCUT2D eigenvalue weighted by atomic mass is 10.0. The SMILES string of the molecule is CC(C)N1CCc2c(sc(NC(=O)C=Cc3cccs3)c2-c2nc3ccccc3s2)C1. The summed E-state index contributed by atoms with van der Waals surface area (Å²) in [5.41, 5.74) is 3.47. The molecule has 0 aliphatic carbocycles. The molecule has 0 radical (unpaired) electrons. The second kappa shape index (κ2) is 8.67. The van der Waals surface area contributed by atoms with Crippen LogP contribution < -0.4 is 5.32 Å². The summed E-state index contributed by atoms with van der Waals surface area (Å²) in [6, 6.07) is 12.7. The van der Waals surface area contributed by atoms with Crippen molar-refractivity contribution < 1.29 is 4.79 Å². The van der Waals surface area contributed by atoms with Gasteiger partial charge < -0.3 is 5.32 Å². The van der Waals surface area contributed by atoms with Gasteiger partial charge >= 0.3 is 0 Å². The molecule has 3 aromatic heterocycles. The molecule has 0 unspecified atom stereocenters. The van der Waals surface area contributed by atoms with Gasteiger partial charge in [-0.1, -0.05) is 18.2 Å². The Morgan fingerprint density at radius 1 is 1.19 bits per heavy atom. The monoisotopic (exact) mass is 465 g/mol. The molecule has 7 heteroatoms. The van der Waals surface area contributed by atoms with Crippen molar-refractivity contribution in [2.24, 2.45) is 0 Å². The van der Waals surface area contributed by atoms with E-state index in [0.29, 0.717) is 6.04 Å². The number of carbonyl (C=O) groups is 1. The summed E-state index contributed by atoms with van der Waals surface area (Å²) in [6.07, 6.45) is 4.47. The largest absolute Gasteiger partial charge is 0.313 e. The molecule has 0 bridgehead atoms. The molecule has 0 spiro atoms. The number of hydrogen-bond donors (Lipinski definition) is 1. The molecule has 1 aromatic carbocycles. The van der Waals surface area contributed by atoms with Crippen LogP contribution in [0.5, 0.6) is 0 Å². The molecule has 31 heavy (non-hydrogen) atoms. The Hall–Kier alpha value is -2.32. The molecule has 4 aromatic rings. The van der Waals surface area contributed by atoms with Gasteiger partial charge in [0.15, 0.2) is 0 Å². The molecule has 158 valence electrons. The first-order valence-corrected chi connectivity index (χ1v) is 12.9. The Balaban J connectivity index is 1.52. The fourth-order valence-corrected chi connectivity index (χ4v) is 6.86. The lowest BCUT2D eigenvalue weighted by Gasteiger charge is -2.30. The predicted octanol–water partition coefficient (Wildman–Crippen LogP) is 6.50. The van der Waals surface area contributed by atoms with Gasteiger partial charge in [0.25, 0.3) is 0 Å². The van der Waals surface area contributed by atoms with Crippen LogP contribution in [0.3, 0.4) is 0 Å². The minimum absolute atomic E-state index is 0.102. The summed E-state index contributed by atoms with van der Waals surface area (Å²) >= 11 is 5.02. The maximum absolute atomic E-state index is 12.7. The van der Waals surface area contributed by atoms with Crippen molar-refractivity contribution in [3.63, 3.8) is 0 Å². The number of rotatable bonds is 5. The van der Waals surface area contributed by atoms with Crippen LogP contribution in [0.15, 0.2) is 47.9 Å². The van der Waals surface area contributed by atoms with Gasteiger partial charge in [-0.3, -0.25) is 9.69 Å². The number of benzene rings is 1. The zero-order chi connectivity index (χ0) is 21.4. The average Bonchev–Trinajstić information content (AvgIpc) is 3.49. The zero-order valence-electron chi connectivity index (χ0n) is 17.4. The molecule has 0 saturated carbocycles. The van der Waals surface area contributed by atoms with Crippen LogP contribution in [0.4, 0.5) is 5.00 Å². The molecule has 0 fully saturated rings. The summed E-state index contributed by atoms with van der Waals surface area (Å²) in [6.45, 7) is 6.44. The normalized spacial score (nSPS) is 14.5. The highest BCUT2D eigenvalue weighted by molar-refractivity contribution is 7.23. The number of amides is 1. The van der Waals surface area contributed by atoms with Gasteiger partial charge in [0.05, 0.1) is 10.2 Å². The third-order valence-corrected chi connectivity index (χ3v) is 8.53. The van der Waals surface area contributed by atoms with Crippen molar-refractivity contribution in [2.75, 3.05) is 11.9 Å². The standard InChI is InChI=1S/C24H23N3OS3/c1-15(2)27-12-11-17-20(14-27)31-24(26-21(28)10-9-16-6-5-13-29-16)22(17)23-25-18-7-3-4-8-19(18)30-23/h3-10,13,15H,11-12,14H2,1-2H3,(H,26,28). The molecular weight excluding hydrogens is 442 g/mol. The van der Waals surface area contributed by atoms with E-state index in [1.54, 1.807) is 40.1 Å². The second-order valence-corrected chi connectivity index (χ2v) is 11.0. The van der Waals surface area contributed by atoms with Crippen molar-refractivity contribution in [1.82, 2.24) is 9.88 Å². The second-order valence-electron chi connectivity index (χ2n) is 7.85. The van der Waals surface area contributed by atoms with E-state index in [1.165, 1.54) is 15.1 Å². The van der Waals surface area contributed by atoms with Gasteiger partial charge in [-0.25, -0.2) is 4.98 Å². The van der Waals surface area contributed by atoms with Crippen LogP contribution in [0.2, 0.25) is 0 Å². The molecule has 0 atom stereocenters. The number of anilines is 1. The maximum Gasteiger partial charge on any atom is 0.249 e. The predicted molar refractivity (Wildman–Crippen MR) is 134 cm³/mol. The molecule has 4 nitrogen and oxygen atoms in total. The van der Waals surface area contributed by atoms with Gasteiger partial charge in [-0.2, -0.15) is 0 Å². The molecule has 1 amide bonds.